The SMILES string of the molecule is COC(=O)c1cc(C2CC2)ccc1Nc1ccc2c(c1)CCN2. The van der Waals surface area contributed by atoms with Crippen molar-refractivity contribution in [2.24, 2.45) is 0 Å². The lowest BCUT2D eigenvalue weighted by Gasteiger charge is -2.13. The van der Waals surface area contributed by atoms with Gasteiger partial charge in [-0.2, -0.15) is 0 Å². The van der Waals surface area contributed by atoms with Crippen LogP contribution in [0.3, 0.4) is 0 Å². The zero-order valence-electron chi connectivity index (χ0n) is 13.2. The fraction of sp³-hybridized carbons (Fsp3) is 0.316. The van der Waals surface area contributed by atoms with Crippen molar-refractivity contribution in [3.63, 3.8) is 0 Å². The van der Waals surface area contributed by atoms with Crippen LogP contribution in [-0.4, -0.2) is 19.6 Å². The highest BCUT2D eigenvalue weighted by Gasteiger charge is 2.25. The van der Waals surface area contributed by atoms with Crippen molar-refractivity contribution in [2.45, 2.75) is 25.2 Å². The summed E-state index contributed by atoms with van der Waals surface area (Å²) in [5, 5.41) is 6.73. The number of nitrogens with one attached hydrogen (secondary N) is 2. The van der Waals surface area contributed by atoms with Crippen LogP contribution in [0.4, 0.5) is 17.1 Å². The third-order valence-corrected chi connectivity index (χ3v) is 4.59. The van der Waals surface area contributed by atoms with E-state index in [0.717, 1.165) is 24.3 Å². The van der Waals surface area contributed by atoms with Gasteiger partial charge in [-0.1, -0.05) is 6.07 Å². The van der Waals surface area contributed by atoms with Gasteiger partial charge in [0.05, 0.1) is 18.4 Å². The van der Waals surface area contributed by atoms with Gasteiger partial charge in [0.2, 0.25) is 0 Å². The number of esters is 1. The van der Waals surface area contributed by atoms with Crippen LogP contribution >= 0.6 is 0 Å². The molecule has 4 heteroatoms. The fourth-order valence-electron chi connectivity index (χ4n) is 3.16. The van der Waals surface area contributed by atoms with E-state index in [1.807, 2.05) is 18.2 Å². The van der Waals surface area contributed by atoms with Crippen molar-refractivity contribution >= 4 is 23.0 Å². The Hall–Kier alpha value is -2.49. The van der Waals surface area contributed by atoms with E-state index in [9.17, 15) is 4.79 Å². The average Bonchev–Trinajstić information content (AvgIpc) is 3.32. The lowest BCUT2D eigenvalue weighted by Crippen LogP contribution is -2.06. The highest BCUT2D eigenvalue weighted by Crippen LogP contribution is 2.41. The maximum absolute atomic E-state index is 12.1. The smallest absolute Gasteiger partial charge is 0.339 e. The second-order valence-corrected chi connectivity index (χ2v) is 6.24. The van der Waals surface area contributed by atoms with E-state index in [-0.39, 0.29) is 5.97 Å². The van der Waals surface area contributed by atoms with E-state index < -0.39 is 0 Å². The van der Waals surface area contributed by atoms with Gasteiger partial charge in [0.25, 0.3) is 0 Å². The van der Waals surface area contributed by atoms with Gasteiger partial charge in [-0.25, -0.2) is 4.79 Å². The average molecular weight is 308 g/mol. The summed E-state index contributed by atoms with van der Waals surface area (Å²) < 4.78 is 4.95. The number of ether oxygens (including phenoxy) is 1. The lowest BCUT2D eigenvalue weighted by atomic mass is 10.0. The first-order valence-corrected chi connectivity index (χ1v) is 8.10. The number of hydrogen-bond acceptors (Lipinski definition) is 4. The zero-order chi connectivity index (χ0) is 15.8. The molecule has 4 rings (SSSR count). The van der Waals surface area contributed by atoms with Crippen LogP contribution in [0.2, 0.25) is 0 Å². The van der Waals surface area contributed by atoms with Crippen molar-refractivity contribution in [3.8, 4) is 0 Å². The van der Waals surface area contributed by atoms with Crippen LogP contribution in [0.5, 0.6) is 0 Å². The number of benzene rings is 2. The molecule has 2 aromatic carbocycles. The summed E-state index contributed by atoms with van der Waals surface area (Å²) in [6.07, 6.45) is 3.46. The maximum atomic E-state index is 12.1. The Labute approximate surface area is 135 Å². The number of carbonyl (C=O) groups excluding carboxylic acids is 1. The highest BCUT2D eigenvalue weighted by atomic mass is 16.5. The molecule has 0 amide bonds. The van der Waals surface area contributed by atoms with Crippen LogP contribution in [0.25, 0.3) is 0 Å². The minimum Gasteiger partial charge on any atom is -0.465 e. The Morgan fingerprint density at radius 3 is 2.87 bits per heavy atom. The largest absolute Gasteiger partial charge is 0.465 e. The maximum Gasteiger partial charge on any atom is 0.339 e. The Morgan fingerprint density at radius 1 is 1.22 bits per heavy atom. The molecule has 118 valence electrons. The van der Waals surface area contributed by atoms with Crippen LogP contribution in [-0.2, 0) is 11.2 Å². The zero-order valence-corrected chi connectivity index (χ0v) is 13.2. The molecule has 0 radical (unpaired) electrons. The summed E-state index contributed by atoms with van der Waals surface area (Å²) >= 11 is 0. The minimum atomic E-state index is -0.294. The first-order valence-electron chi connectivity index (χ1n) is 8.10. The van der Waals surface area contributed by atoms with Crippen molar-refractivity contribution in [3.05, 3.63) is 53.1 Å². The number of methoxy groups -OCH3 is 1. The Balaban J connectivity index is 1.66. The summed E-state index contributed by atoms with van der Waals surface area (Å²) in [5.41, 5.74) is 6.14. The van der Waals surface area contributed by atoms with Crippen LogP contribution in [0.15, 0.2) is 36.4 Å². The molecule has 0 unspecified atom stereocenters. The van der Waals surface area contributed by atoms with E-state index >= 15 is 0 Å². The van der Waals surface area contributed by atoms with E-state index in [0.29, 0.717) is 11.5 Å². The summed E-state index contributed by atoms with van der Waals surface area (Å²) in [4.78, 5) is 12.1. The molecule has 1 aliphatic carbocycles. The fourth-order valence-corrected chi connectivity index (χ4v) is 3.16. The van der Waals surface area contributed by atoms with Crippen LogP contribution in [0, 0.1) is 0 Å². The predicted octanol–water partition coefficient (Wildman–Crippen LogP) is 4.06. The second-order valence-electron chi connectivity index (χ2n) is 6.24. The van der Waals surface area contributed by atoms with E-state index in [1.54, 1.807) is 0 Å². The Bertz CT molecular complexity index is 766. The standard InChI is InChI=1S/C19H20N2O2/c1-23-19(22)16-11-13(12-2-3-12)4-6-18(16)21-15-5-7-17-14(10-15)8-9-20-17/h4-7,10-12,20-21H,2-3,8-9H2,1H3. The van der Waals surface area contributed by atoms with Gasteiger partial charge >= 0.3 is 5.97 Å². The molecule has 23 heavy (non-hydrogen) atoms. The van der Waals surface area contributed by atoms with Gasteiger partial charge in [-0.05, 0) is 66.6 Å². The first-order chi connectivity index (χ1) is 11.2. The van der Waals surface area contributed by atoms with Gasteiger partial charge < -0.3 is 15.4 Å². The van der Waals surface area contributed by atoms with Gasteiger partial charge in [-0.15, -0.1) is 0 Å². The van der Waals surface area contributed by atoms with Crippen molar-refractivity contribution < 1.29 is 9.53 Å². The van der Waals surface area contributed by atoms with Gasteiger partial charge in [-0.3, -0.25) is 0 Å². The molecular formula is C19H20N2O2. The third-order valence-electron chi connectivity index (χ3n) is 4.59. The molecule has 1 heterocycles. The molecule has 0 saturated heterocycles. The van der Waals surface area contributed by atoms with Crippen molar-refractivity contribution in [2.75, 3.05) is 24.3 Å². The third kappa shape index (κ3) is 2.77. The molecule has 2 aromatic rings. The summed E-state index contributed by atoms with van der Waals surface area (Å²) in [7, 11) is 1.43. The molecule has 1 fully saturated rings. The molecule has 0 aromatic heterocycles. The molecule has 4 nitrogen and oxygen atoms in total. The molecule has 2 aliphatic rings. The normalized spacial score (nSPS) is 15.7. The van der Waals surface area contributed by atoms with E-state index in [4.69, 9.17) is 4.74 Å². The van der Waals surface area contributed by atoms with E-state index in [2.05, 4.69) is 28.8 Å². The minimum absolute atomic E-state index is 0.294. The molecule has 0 spiro atoms. The lowest BCUT2D eigenvalue weighted by molar-refractivity contribution is 0.0602. The quantitative estimate of drug-likeness (QED) is 0.836. The second kappa shape index (κ2) is 5.61. The monoisotopic (exact) mass is 308 g/mol. The Morgan fingerprint density at radius 2 is 2.09 bits per heavy atom. The molecule has 1 aliphatic heterocycles. The highest BCUT2D eigenvalue weighted by molar-refractivity contribution is 5.96. The van der Waals surface area contributed by atoms with Crippen LogP contribution < -0.4 is 10.6 Å². The first kappa shape index (κ1) is 14.1. The Kier molecular flexibility index (Phi) is 3.45. The predicted molar refractivity (Wildman–Crippen MR) is 91.7 cm³/mol. The number of carbonyl (C=O) groups is 1. The molecule has 1 saturated carbocycles. The molecule has 0 atom stereocenters. The van der Waals surface area contributed by atoms with Crippen LogP contribution in [0.1, 0.15) is 40.2 Å². The number of hydrogen-bond donors (Lipinski definition) is 2. The van der Waals surface area contributed by atoms with Gasteiger partial charge in [0, 0.05) is 17.9 Å². The molecule has 0 bridgehead atoms. The summed E-state index contributed by atoms with van der Waals surface area (Å²) in [6.45, 7) is 0.988. The number of anilines is 3. The molecular weight excluding hydrogens is 288 g/mol. The molecule has 2 N–H and O–H groups in total. The van der Waals surface area contributed by atoms with Gasteiger partial charge in [0.15, 0.2) is 0 Å². The van der Waals surface area contributed by atoms with E-state index in [1.165, 1.54) is 36.8 Å². The summed E-state index contributed by atoms with van der Waals surface area (Å²) in [5.74, 6) is 0.316. The van der Waals surface area contributed by atoms with Crippen molar-refractivity contribution in [1.82, 2.24) is 0 Å². The van der Waals surface area contributed by atoms with Crippen molar-refractivity contribution in [1.29, 1.82) is 0 Å². The topological polar surface area (TPSA) is 50.4 Å². The van der Waals surface area contributed by atoms with Gasteiger partial charge in [0.1, 0.15) is 0 Å². The number of fused-ring (bicyclic) bond motifs is 1. The summed E-state index contributed by atoms with van der Waals surface area (Å²) in [6, 6.07) is 12.3. The number of rotatable bonds is 4.